The maximum absolute atomic E-state index is 11.9. The van der Waals surface area contributed by atoms with Crippen LogP contribution in [0.15, 0.2) is 0 Å². The van der Waals surface area contributed by atoms with Crippen molar-refractivity contribution in [3.8, 4) is 0 Å². The molecule has 2 aliphatic heterocycles. The summed E-state index contributed by atoms with van der Waals surface area (Å²) >= 11 is 1.42. The largest absolute Gasteiger partial charge is 0.396 e. The molecule has 0 saturated carbocycles. The van der Waals surface area contributed by atoms with Crippen LogP contribution in [0.3, 0.4) is 0 Å². The molecule has 6 heteroatoms. The fraction of sp³-hybridized carbons (Fsp3) is 0.818. The molecule has 2 rings (SSSR count). The topological polar surface area (TPSA) is 77.8 Å². The molecule has 3 atom stereocenters. The van der Waals surface area contributed by atoms with Crippen molar-refractivity contribution >= 4 is 24.0 Å². The van der Waals surface area contributed by atoms with Crippen molar-refractivity contribution in [2.75, 3.05) is 18.9 Å². The van der Waals surface area contributed by atoms with Crippen molar-refractivity contribution in [3.05, 3.63) is 0 Å². The van der Waals surface area contributed by atoms with Crippen LogP contribution in [0.25, 0.3) is 0 Å². The second-order valence-corrected chi connectivity index (χ2v) is 5.75. The Morgan fingerprint density at radius 3 is 3.00 bits per heavy atom. The summed E-state index contributed by atoms with van der Waals surface area (Å²) in [6.07, 6.45) is 2.58. The van der Waals surface area contributed by atoms with Gasteiger partial charge in [-0.3, -0.25) is 4.79 Å². The van der Waals surface area contributed by atoms with Gasteiger partial charge >= 0.3 is 0 Å². The van der Waals surface area contributed by atoms with Crippen molar-refractivity contribution in [2.45, 2.75) is 30.2 Å². The van der Waals surface area contributed by atoms with Gasteiger partial charge in [0, 0.05) is 13.2 Å². The summed E-state index contributed by atoms with van der Waals surface area (Å²) in [6.45, 7) is 0.623. The van der Waals surface area contributed by atoms with Crippen molar-refractivity contribution < 1.29 is 19.8 Å². The molecule has 5 nitrogen and oxygen atoms in total. The summed E-state index contributed by atoms with van der Waals surface area (Å²) in [5.74, 6) is -0.333. The van der Waals surface area contributed by atoms with Crippen LogP contribution < -0.4 is 0 Å². The van der Waals surface area contributed by atoms with Crippen LogP contribution in [0.1, 0.15) is 19.3 Å². The lowest BCUT2D eigenvalue weighted by Gasteiger charge is -2.31. The third-order valence-electron chi connectivity index (χ3n) is 3.47. The van der Waals surface area contributed by atoms with E-state index in [1.807, 2.05) is 0 Å². The molecule has 2 fully saturated rings. The van der Waals surface area contributed by atoms with Crippen LogP contribution in [0.5, 0.6) is 0 Å². The van der Waals surface area contributed by atoms with Crippen LogP contribution in [0, 0.1) is 5.92 Å². The predicted octanol–water partition coefficient (Wildman–Crippen LogP) is -0.390. The van der Waals surface area contributed by atoms with Crippen molar-refractivity contribution in [2.24, 2.45) is 5.92 Å². The molecule has 1 amide bonds. The number of rotatable bonds is 5. The number of nitrogens with zero attached hydrogens (tertiary/aromatic N) is 1. The highest BCUT2D eigenvalue weighted by atomic mass is 32.2. The summed E-state index contributed by atoms with van der Waals surface area (Å²) in [6, 6.07) is 0. The molecule has 2 N–H and O–H groups in total. The number of aliphatic hydroxyl groups excluding tert-OH is 1. The first kappa shape index (κ1) is 12.9. The second kappa shape index (κ2) is 4.96. The molecule has 0 aromatic heterocycles. The van der Waals surface area contributed by atoms with Gasteiger partial charge in [0.05, 0.1) is 5.25 Å². The number of fused-ring (bicyclic) bond motifs is 1. The average Bonchev–Trinajstić information content (AvgIpc) is 2.78. The summed E-state index contributed by atoms with van der Waals surface area (Å²) in [5.41, 5.74) is -1.15. The number of carbonyl (C=O) groups excluding carboxylic acids is 2. The summed E-state index contributed by atoms with van der Waals surface area (Å²) in [5, 5.41) is 18.9. The van der Waals surface area contributed by atoms with Crippen molar-refractivity contribution in [1.82, 2.24) is 4.90 Å². The smallest absolute Gasteiger partial charge is 0.236 e. The minimum atomic E-state index is -1.15. The lowest BCUT2D eigenvalue weighted by molar-refractivity contribution is -0.140. The maximum atomic E-state index is 11.9. The number of thioether (sulfide) groups is 1. The molecule has 0 aromatic rings. The van der Waals surface area contributed by atoms with Crippen molar-refractivity contribution in [3.63, 3.8) is 0 Å². The van der Waals surface area contributed by atoms with E-state index < -0.39 is 11.6 Å². The van der Waals surface area contributed by atoms with Gasteiger partial charge in [0.15, 0.2) is 5.72 Å². The molecule has 2 aliphatic rings. The van der Waals surface area contributed by atoms with Gasteiger partial charge in [-0.15, -0.1) is 0 Å². The van der Waals surface area contributed by atoms with Gasteiger partial charge in [-0.2, -0.15) is 11.8 Å². The second-order valence-electron chi connectivity index (χ2n) is 4.50. The molecule has 0 bridgehead atoms. The van der Waals surface area contributed by atoms with Crippen LogP contribution in [-0.2, 0) is 9.59 Å². The normalized spacial score (nSPS) is 36.4. The Balaban J connectivity index is 2.14. The highest BCUT2D eigenvalue weighted by Crippen LogP contribution is 2.46. The molecular formula is C11H17NO4S. The van der Waals surface area contributed by atoms with Crippen molar-refractivity contribution in [1.29, 1.82) is 0 Å². The number of hydrogen-bond donors (Lipinski definition) is 2. The number of aldehydes is 1. The summed E-state index contributed by atoms with van der Waals surface area (Å²) < 4.78 is 0. The summed E-state index contributed by atoms with van der Waals surface area (Å²) in [4.78, 5) is 24.4. The molecule has 17 heavy (non-hydrogen) atoms. The first-order chi connectivity index (χ1) is 8.15. The average molecular weight is 259 g/mol. The minimum absolute atomic E-state index is 0.0849. The Morgan fingerprint density at radius 1 is 1.59 bits per heavy atom. The number of aliphatic hydroxyl groups is 2. The molecule has 0 spiro atoms. The minimum Gasteiger partial charge on any atom is -0.396 e. The van der Waals surface area contributed by atoms with E-state index in [0.29, 0.717) is 31.4 Å². The SMILES string of the molecule is O=C[C@@H]1C(=O)N2CCCC2(O)[C@@H]1SCCCO. The van der Waals surface area contributed by atoms with Gasteiger partial charge in [-0.1, -0.05) is 0 Å². The van der Waals surface area contributed by atoms with E-state index in [1.165, 1.54) is 16.7 Å². The molecule has 0 aliphatic carbocycles. The van der Waals surface area contributed by atoms with Gasteiger partial charge in [-0.25, -0.2) is 0 Å². The lowest BCUT2D eigenvalue weighted by atomic mass is 10.0. The number of amides is 1. The quantitative estimate of drug-likeness (QED) is 0.399. The van der Waals surface area contributed by atoms with Gasteiger partial charge < -0.3 is 19.9 Å². The molecule has 2 saturated heterocycles. The Kier molecular flexibility index (Phi) is 3.75. The molecular weight excluding hydrogens is 242 g/mol. The van der Waals surface area contributed by atoms with Crippen LogP contribution >= 0.6 is 11.8 Å². The van der Waals surface area contributed by atoms with Gasteiger partial charge in [0.1, 0.15) is 12.2 Å². The first-order valence-electron chi connectivity index (χ1n) is 5.87. The van der Waals surface area contributed by atoms with E-state index in [2.05, 4.69) is 0 Å². The zero-order valence-corrected chi connectivity index (χ0v) is 10.4. The van der Waals surface area contributed by atoms with E-state index in [9.17, 15) is 14.7 Å². The maximum Gasteiger partial charge on any atom is 0.236 e. The zero-order valence-electron chi connectivity index (χ0n) is 9.54. The van der Waals surface area contributed by atoms with E-state index >= 15 is 0 Å². The highest BCUT2D eigenvalue weighted by Gasteiger charge is 2.59. The van der Waals surface area contributed by atoms with Gasteiger partial charge in [0.2, 0.25) is 5.91 Å². The fourth-order valence-corrected chi connectivity index (χ4v) is 4.11. The molecule has 0 aromatic carbocycles. The van der Waals surface area contributed by atoms with Gasteiger partial charge in [-0.05, 0) is 25.0 Å². The molecule has 1 unspecified atom stereocenters. The van der Waals surface area contributed by atoms with Crippen LogP contribution in [0.4, 0.5) is 0 Å². The molecule has 2 heterocycles. The zero-order chi connectivity index (χ0) is 12.5. The standard InChI is InChI=1S/C11H17NO4S/c13-5-2-6-17-9-8(7-14)10(15)12-4-1-3-11(9,12)16/h7-9,13,16H,1-6H2/t8-,9+,11?/m0/s1. The Morgan fingerprint density at radius 2 is 2.35 bits per heavy atom. The molecule has 0 radical (unpaired) electrons. The lowest BCUT2D eigenvalue weighted by Crippen LogP contribution is -2.45. The van der Waals surface area contributed by atoms with E-state index in [4.69, 9.17) is 5.11 Å². The first-order valence-corrected chi connectivity index (χ1v) is 6.91. The Bertz CT molecular complexity index is 325. The van der Waals surface area contributed by atoms with E-state index in [1.54, 1.807) is 0 Å². The van der Waals surface area contributed by atoms with Crippen LogP contribution in [0.2, 0.25) is 0 Å². The monoisotopic (exact) mass is 259 g/mol. The van der Waals surface area contributed by atoms with Gasteiger partial charge in [0.25, 0.3) is 0 Å². The Labute approximate surface area is 104 Å². The number of carbonyl (C=O) groups is 2. The highest BCUT2D eigenvalue weighted by molar-refractivity contribution is 8.00. The van der Waals surface area contributed by atoms with Crippen LogP contribution in [-0.4, -0.2) is 57.2 Å². The third-order valence-corrected chi connectivity index (χ3v) is 5.03. The summed E-state index contributed by atoms with van der Waals surface area (Å²) in [7, 11) is 0. The Hall–Kier alpha value is -0.590. The molecule has 96 valence electrons. The predicted molar refractivity (Wildman–Crippen MR) is 63.4 cm³/mol. The van der Waals surface area contributed by atoms with E-state index in [-0.39, 0.29) is 17.8 Å². The third kappa shape index (κ3) is 1.98. The fourth-order valence-electron chi connectivity index (χ4n) is 2.66. The number of hydrogen-bond acceptors (Lipinski definition) is 5. The van der Waals surface area contributed by atoms with E-state index in [0.717, 1.165) is 6.42 Å².